The van der Waals surface area contributed by atoms with Crippen molar-refractivity contribution >= 4 is 11.6 Å². The molecule has 1 fully saturated rings. The number of benzene rings is 2. The lowest BCUT2D eigenvalue weighted by atomic mass is 10.1. The molecular formula is C19H14FN3O4. The maximum atomic E-state index is 14.0. The molecule has 7 nitrogen and oxygen atoms in total. The van der Waals surface area contributed by atoms with Gasteiger partial charge in [0.1, 0.15) is 5.82 Å². The van der Waals surface area contributed by atoms with Gasteiger partial charge in [0.15, 0.2) is 17.3 Å². The van der Waals surface area contributed by atoms with E-state index < -0.39 is 5.82 Å². The lowest BCUT2D eigenvalue weighted by Crippen LogP contribution is -2.25. The summed E-state index contributed by atoms with van der Waals surface area (Å²) in [5.41, 5.74) is 0.970. The standard InChI is InChI=1S/C19H14FN3O4/c20-13-3-1-2-4-14(13)23-9-12(8-17(23)24)18-21-19(27-22-18)11-5-6-15-16(7-11)26-10-25-15/h1-7,12H,8-10H2. The molecule has 2 aliphatic heterocycles. The topological polar surface area (TPSA) is 77.7 Å². The molecule has 3 heterocycles. The van der Waals surface area contributed by atoms with Crippen LogP contribution in [0.25, 0.3) is 11.5 Å². The van der Waals surface area contributed by atoms with Crippen LogP contribution in [0.2, 0.25) is 0 Å². The first-order valence-corrected chi connectivity index (χ1v) is 8.47. The van der Waals surface area contributed by atoms with Crippen LogP contribution >= 0.6 is 0 Å². The Morgan fingerprint density at radius 3 is 2.85 bits per heavy atom. The van der Waals surface area contributed by atoms with Crippen LogP contribution in [-0.4, -0.2) is 29.4 Å². The average molecular weight is 367 g/mol. The minimum atomic E-state index is -0.430. The molecule has 2 aromatic carbocycles. The molecule has 5 rings (SSSR count). The number of hydrogen-bond acceptors (Lipinski definition) is 6. The first-order valence-electron chi connectivity index (χ1n) is 8.47. The Kier molecular flexibility index (Phi) is 3.56. The van der Waals surface area contributed by atoms with Gasteiger partial charge in [0.2, 0.25) is 12.7 Å². The van der Waals surface area contributed by atoms with Crippen LogP contribution in [0.1, 0.15) is 18.2 Å². The third kappa shape index (κ3) is 2.69. The fraction of sp³-hybridized carbons (Fsp3) is 0.211. The number of aromatic nitrogens is 2. The minimum absolute atomic E-state index is 0.167. The Morgan fingerprint density at radius 1 is 1.11 bits per heavy atom. The number of rotatable bonds is 3. The van der Waals surface area contributed by atoms with E-state index in [0.717, 1.165) is 0 Å². The summed E-state index contributed by atoms with van der Waals surface area (Å²) >= 11 is 0. The lowest BCUT2D eigenvalue weighted by Gasteiger charge is -2.16. The van der Waals surface area contributed by atoms with Gasteiger partial charge in [-0.15, -0.1) is 0 Å². The van der Waals surface area contributed by atoms with Crippen LogP contribution < -0.4 is 14.4 Å². The van der Waals surface area contributed by atoms with Crippen molar-refractivity contribution in [2.45, 2.75) is 12.3 Å². The molecule has 8 heteroatoms. The van der Waals surface area contributed by atoms with E-state index in [4.69, 9.17) is 14.0 Å². The van der Waals surface area contributed by atoms with Crippen molar-refractivity contribution in [3.63, 3.8) is 0 Å². The van der Waals surface area contributed by atoms with Gasteiger partial charge in [0.05, 0.1) is 5.69 Å². The van der Waals surface area contributed by atoms with Crippen LogP contribution in [0.5, 0.6) is 11.5 Å². The van der Waals surface area contributed by atoms with Crippen LogP contribution in [0.3, 0.4) is 0 Å². The summed E-state index contributed by atoms with van der Waals surface area (Å²) in [5.74, 6) is 1.19. The van der Waals surface area contributed by atoms with E-state index in [1.807, 2.05) is 0 Å². The molecule has 1 atom stereocenters. The van der Waals surface area contributed by atoms with Crippen LogP contribution in [0.15, 0.2) is 47.0 Å². The van der Waals surface area contributed by atoms with Gasteiger partial charge >= 0.3 is 0 Å². The predicted molar refractivity (Wildman–Crippen MR) is 92.0 cm³/mol. The molecule has 0 aliphatic carbocycles. The number of hydrogen-bond donors (Lipinski definition) is 0. The fourth-order valence-electron chi connectivity index (χ4n) is 3.33. The number of amides is 1. The van der Waals surface area contributed by atoms with Crippen molar-refractivity contribution in [2.24, 2.45) is 0 Å². The summed E-state index contributed by atoms with van der Waals surface area (Å²) in [5, 5.41) is 4.02. The zero-order valence-electron chi connectivity index (χ0n) is 14.1. The number of ether oxygens (including phenoxy) is 2. The summed E-state index contributed by atoms with van der Waals surface area (Å²) < 4.78 is 30.0. The zero-order valence-corrected chi connectivity index (χ0v) is 14.1. The number of carbonyl (C=O) groups is 1. The molecule has 0 radical (unpaired) electrons. The van der Waals surface area contributed by atoms with Crippen molar-refractivity contribution in [3.8, 4) is 23.0 Å². The van der Waals surface area contributed by atoms with Gasteiger partial charge in [-0.2, -0.15) is 4.98 Å². The van der Waals surface area contributed by atoms with Gasteiger partial charge in [0, 0.05) is 24.4 Å². The van der Waals surface area contributed by atoms with Crippen LogP contribution in [-0.2, 0) is 4.79 Å². The summed E-state index contributed by atoms with van der Waals surface area (Å²) in [4.78, 5) is 18.2. The Balaban J connectivity index is 1.39. The highest BCUT2D eigenvalue weighted by molar-refractivity contribution is 5.96. The summed E-state index contributed by atoms with van der Waals surface area (Å²) in [7, 11) is 0. The van der Waals surface area contributed by atoms with E-state index in [2.05, 4.69) is 10.1 Å². The smallest absolute Gasteiger partial charge is 0.258 e. The molecule has 1 amide bonds. The number of nitrogens with zero attached hydrogens (tertiary/aromatic N) is 3. The Labute approximate surface area is 153 Å². The monoisotopic (exact) mass is 367 g/mol. The molecule has 1 saturated heterocycles. The largest absolute Gasteiger partial charge is 0.454 e. The highest BCUT2D eigenvalue weighted by Gasteiger charge is 2.35. The molecule has 136 valence electrons. The van der Waals surface area contributed by atoms with E-state index >= 15 is 0 Å². The summed E-state index contributed by atoms with van der Waals surface area (Å²) in [6.45, 7) is 0.490. The van der Waals surface area contributed by atoms with Crippen molar-refractivity contribution in [2.75, 3.05) is 18.2 Å². The van der Waals surface area contributed by atoms with Crippen molar-refractivity contribution in [1.29, 1.82) is 0 Å². The number of fused-ring (bicyclic) bond motifs is 1. The summed E-state index contributed by atoms with van der Waals surface area (Å²) in [6.07, 6.45) is 0.203. The molecule has 0 bridgehead atoms. The first-order chi connectivity index (χ1) is 13.2. The maximum Gasteiger partial charge on any atom is 0.258 e. The lowest BCUT2D eigenvalue weighted by molar-refractivity contribution is -0.117. The quantitative estimate of drug-likeness (QED) is 0.708. The number of halogens is 1. The third-order valence-corrected chi connectivity index (χ3v) is 4.69. The van der Waals surface area contributed by atoms with Gasteiger partial charge in [-0.05, 0) is 30.3 Å². The Hall–Kier alpha value is -3.42. The van der Waals surface area contributed by atoms with Crippen LogP contribution in [0.4, 0.5) is 10.1 Å². The van der Waals surface area contributed by atoms with Gasteiger partial charge in [-0.1, -0.05) is 17.3 Å². The number of carbonyl (C=O) groups excluding carboxylic acids is 1. The molecule has 1 aromatic heterocycles. The summed E-state index contributed by atoms with van der Waals surface area (Å²) in [6, 6.07) is 11.6. The molecule has 0 saturated carbocycles. The first kappa shape index (κ1) is 15.8. The van der Waals surface area contributed by atoms with Gasteiger partial charge in [-0.3, -0.25) is 4.79 Å². The number of anilines is 1. The fourth-order valence-corrected chi connectivity index (χ4v) is 3.33. The second-order valence-electron chi connectivity index (χ2n) is 6.38. The van der Waals surface area contributed by atoms with E-state index in [-0.39, 0.29) is 30.7 Å². The Morgan fingerprint density at radius 2 is 1.96 bits per heavy atom. The second kappa shape index (κ2) is 6.08. The third-order valence-electron chi connectivity index (χ3n) is 4.69. The van der Waals surface area contributed by atoms with E-state index in [0.29, 0.717) is 35.3 Å². The van der Waals surface area contributed by atoms with Crippen molar-refractivity contribution < 1.29 is 23.2 Å². The molecule has 1 unspecified atom stereocenters. The highest BCUT2D eigenvalue weighted by atomic mass is 19.1. The SMILES string of the molecule is O=C1CC(c2noc(-c3ccc4c(c3)OCO4)n2)CN1c1ccccc1F. The molecular weight excluding hydrogens is 353 g/mol. The predicted octanol–water partition coefficient (Wildman–Crippen LogP) is 3.12. The number of para-hydroxylation sites is 1. The molecule has 0 N–H and O–H groups in total. The van der Waals surface area contributed by atoms with Gasteiger partial charge in [-0.25, -0.2) is 4.39 Å². The molecule has 0 spiro atoms. The van der Waals surface area contributed by atoms with Crippen LogP contribution in [0, 0.1) is 5.82 Å². The van der Waals surface area contributed by atoms with E-state index in [9.17, 15) is 9.18 Å². The van der Waals surface area contributed by atoms with E-state index in [1.54, 1.807) is 36.4 Å². The highest BCUT2D eigenvalue weighted by Crippen LogP contribution is 2.36. The van der Waals surface area contributed by atoms with Gasteiger partial charge in [0.25, 0.3) is 5.89 Å². The molecule has 3 aromatic rings. The van der Waals surface area contributed by atoms with Crippen molar-refractivity contribution in [1.82, 2.24) is 10.1 Å². The maximum absolute atomic E-state index is 14.0. The van der Waals surface area contributed by atoms with Gasteiger partial charge < -0.3 is 18.9 Å². The minimum Gasteiger partial charge on any atom is -0.454 e. The molecule has 2 aliphatic rings. The zero-order chi connectivity index (χ0) is 18.4. The normalized spacial score (nSPS) is 18.3. The molecule has 27 heavy (non-hydrogen) atoms. The van der Waals surface area contributed by atoms with Crippen molar-refractivity contribution in [3.05, 3.63) is 54.1 Å². The average Bonchev–Trinajstić information content (AvgIpc) is 3.40. The van der Waals surface area contributed by atoms with E-state index in [1.165, 1.54) is 11.0 Å². The second-order valence-corrected chi connectivity index (χ2v) is 6.38. The Bertz CT molecular complexity index is 1040.